The zero-order chi connectivity index (χ0) is 20.1. The number of pyridine rings is 1. The standard InChI is InChI=1S/C18H20FN5O3S/c1-3-24-17(21-22-18(24)27-16-6-4-15(19)5-7-16)13(2)23-28(25,26)12-14-8-10-20-11-9-14/h4-11,13,23H,3,12H2,1-2H3/t13-/m1/s1. The van der Waals surface area contributed by atoms with E-state index in [9.17, 15) is 12.8 Å². The van der Waals surface area contributed by atoms with Crippen LogP contribution in [0.5, 0.6) is 11.8 Å². The largest absolute Gasteiger partial charge is 0.424 e. The zero-order valence-corrected chi connectivity index (χ0v) is 16.2. The van der Waals surface area contributed by atoms with Crippen LogP contribution < -0.4 is 9.46 Å². The van der Waals surface area contributed by atoms with Gasteiger partial charge in [0.05, 0.1) is 11.8 Å². The molecular formula is C18H20FN5O3S. The molecule has 2 heterocycles. The molecule has 1 atom stereocenters. The Balaban J connectivity index is 1.75. The maximum atomic E-state index is 13.0. The molecule has 1 aromatic carbocycles. The van der Waals surface area contributed by atoms with Gasteiger partial charge in [-0.3, -0.25) is 9.55 Å². The van der Waals surface area contributed by atoms with E-state index in [4.69, 9.17) is 4.74 Å². The van der Waals surface area contributed by atoms with Crippen LogP contribution in [0.4, 0.5) is 4.39 Å². The number of sulfonamides is 1. The highest BCUT2D eigenvalue weighted by molar-refractivity contribution is 7.88. The average molecular weight is 405 g/mol. The number of nitrogens with zero attached hydrogens (tertiary/aromatic N) is 4. The summed E-state index contributed by atoms with van der Waals surface area (Å²) in [4.78, 5) is 3.88. The lowest BCUT2D eigenvalue weighted by Gasteiger charge is -2.15. The molecule has 0 aliphatic carbocycles. The molecule has 2 aromatic heterocycles. The van der Waals surface area contributed by atoms with E-state index < -0.39 is 16.1 Å². The predicted octanol–water partition coefficient (Wildman–Crippen LogP) is 2.81. The van der Waals surface area contributed by atoms with Crippen molar-refractivity contribution in [2.75, 3.05) is 0 Å². The average Bonchev–Trinajstić information content (AvgIpc) is 3.06. The predicted molar refractivity (Wildman–Crippen MR) is 101 cm³/mol. The Morgan fingerprint density at radius 2 is 1.82 bits per heavy atom. The van der Waals surface area contributed by atoms with Gasteiger partial charge in [-0.2, -0.15) is 0 Å². The fourth-order valence-corrected chi connectivity index (χ4v) is 4.02. The first-order valence-corrected chi connectivity index (χ1v) is 10.3. The van der Waals surface area contributed by atoms with Gasteiger partial charge in [-0.25, -0.2) is 17.5 Å². The summed E-state index contributed by atoms with van der Waals surface area (Å²) in [6.45, 7) is 4.01. The van der Waals surface area contributed by atoms with E-state index in [1.54, 1.807) is 36.0 Å². The lowest BCUT2D eigenvalue weighted by molar-refractivity contribution is 0.407. The summed E-state index contributed by atoms with van der Waals surface area (Å²) in [5.41, 5.74) is 0.631. The van der Waals surface area contributed by atoms with E-state index in [1.807, 2.05) is 6.92 Å². The first-order valence-electron chi connectivity index (χ1n) is 8.63. The van der Waals surface area contributed by atoms with E-state index in [2.05, 4.69) is 19.9 Å². The molecule has 8 nitrogen and oxygen atoms in total. The molecule has 10 heteroatoms. The third-order valence-corrected chi connectivity index (χ3v) is 5.36. The molecule has 0 aliphatic heterocycles. The molecule has 0 radical (unpaired) electrons. The van der Waals surface area contributed by atoms with Crippen LogP contribution >= 0.6 is 0 Å². The van der Waals surface area contributed by atoms with Crippen molar-refractivity contribution in [3.63, 3.8) is 0 Å². The fourth-order valence-electron chi connectivity index (χ4n) is 2.66. The van der Waals surface area contributed by atoms with Gasteiger partial charge in [0, 0.05) is 18.9 Å². The Morgan fingerprint density at radius 1 is 1.14 bits per heavy atom. The third-order valence-electron chi connectivity index (χ3n) is 3.93. The van der Waals surface area contributed by atoms with E-state index in [-0.39, 0.29) is 17.6 Å². The van der Waals surface area contributed by atoms with Crippen molar-refractivity contribution >= 4 is 10.0 Å². The number of hydrogen-bond acceptors (Lipinski definition) is 6. The summed E-state index contributed by atoms with van der Waals surface area (Å²) in [5.74, 6) is 0.278. The molecule has 0 spiro atoms. The molecule has 3 aromatic rings. The Bertz CT molecular complexity index is 1020. The van der Waals surface area contributed by atoms with Crippen molar-refractivity contribution in [3.8, 4) is 11.8 Å². The second-order valence-electron chi connectivity index (χ2n) is 6.10. The van der Waals surface area contributed by atoms with Gasteiger partial charge in [0.1, 0.15) is 11.6 Å². The van der Waals surface area contributed by atoms with Crippen LogP contribution in [0.3, 0.4) is 0 Å². The molecule has 3 rings (SSSR count). The monoisotopic (exact) mass is 405 g/mol. The molecule has 0 bridgehead atoms. The summed E-state index contributed by atoms with van der Waals surface area (Å²) in [6.07, 6.45) is 3.09. The minimum Gasteiger partial charge on any atom is -0.424 e. The van der Waals surface area contributed by atoms with Crippen molar-refractivity contribution in [3.05, 3.63) is 66.0 Å². The highest BCUT2D eigenvalue weighted by atomic mass is 32.2. The van der Waals surface area contributed by atoms with Crippen LogP contribution in [0.2, 0.25) is 0 Å². The highest BCUT2D eigenvalue weighted by Crippen LogP contribution is 2.23. The normalized spacial score (nSPS) is 12.7. The van der Waals surface area contributed by atoms with Crippen molar-refractivity contribution < 1.29 is 17.5 Å². The van der Waals surface area contributed by atoms with Gasteiger partial charge in [-0.05, 0) is 55.8 Å². The molecule has 0 saturated heterocycles. The van der Waals surface area contributed by atoms with Crippen LogP contribution in [0.25, 0.3) is 0 Å². The maximum absolute atomic E-state index is 13.0. The van der Waals surface area contributed by atoms with Crippen molar-refractivity contribution in [1.82, 2.24) is 24.5 Å². The van der Waals surface area contributed by atoms with Crippen molar-refractivity contribution in [1.29, 1.82) is 0 Å². The van der Waals surface area contributed by atoms with Gasteiger partial charge in [0.25, 0.3) is 0 Å². The van der Waals surface area contributed by atoms with Gasteiger partial charge < -0.3 is 4.74 Å². The molecule has 0 aliphatic rings. The molecule has 0 fully saturated rings. The van der Waals surface area contributed by atoms with E-state index >= 15 is 0 Å². The second kappa shape index (κ2) is 8.44. The van der Waals surface area contributed by atoms with Gasteiger partial charge >= 0.3 is 6.01 Å². The Hall–Kier alpha value is -2.85. The SMILES string of the molecule is CCn1c(Oc2ccc(F)cc2)nnc1[C@@H](C)NS(=O)(=O)Cc1ccncc1. The van der Waals surface area contributed by atoms with Crippen LogP contribution in [-0.4, -0.2) is 28.2 Å². The second-order valence-corrected chi connectivity index (χ2v) is 7.85. The molecule has 0 saturated carbocycles. The van der Waals surface area contributed by atoms with Gasteiger partial charge in [-0.15, -0.1) is 5.10 Å². The summed E-state index contributed by atoms with van der Waals surface area (Å²) < 4.78 is 47.9. The van der Waals surface area contributed by atoms with Gasteiger partial charge in [0.2, 0.25) is 10.0 Å². The smallest absolute Gasteiger partial charge is 0.322 e. The molecule has 0 amide bonds. The summed E-state index contributed by atoms with van der Waals surface area (Å²) >= 11 is 0. The first-order chi connectivity index (χ1) is 13.4. The Labute approximate surface area is 162 Å². The quantitative estimate of drug-likeness (QED) is 0.619. The fraction of sp³-hybridized carbons (Fsp3) is 0.278. The van der Waals surface area contributed by atoms with Crippen LogP contribution in [0, 0.1) is 5.82 Å². The number of aromatic nitrogens is 4. The number of ether oxygens (including phenoxy) is 1. The van der Waals surface area contributed by atoms with E-state index in [0.717, 1.165) is 0 Å². The van der Waals surface area contributed by atoms with Crippen molar-refractivity contribution in [2.45, 2.75) is 32.2 Å². The third kappa shape index (κ3) is 4.90. The van der Waals surface area contributed by atoms with E-state index in [0.29, 0.717) is 23.7 Å². The first kappa shape index (κ1) is 19.9. The maximum Gasteiger partial charge on any atom is 0.322 e. The summed E-state index contributed by atoms with van der Waals surface area (Å²) in [7, 11) is -3.60. The highest BCUT2D eigenvalue weighted by Gasteiger charge is 2.23. The molecular weight excluding hydrogens is 385 g/mol. The summed E-state index contributed by atoms with van der Waals surface area (Å²) in [5, 5.41) is 8.06. The molecule has 0 unspecified atom stereocenters. The number of rotatable bonds is 8. The molecule has 28 heavy (non-hydrogen) atoms. The van der Waals surface area contributed by atoms with E-state index in [1.165, 1.54) is 24.3 Å². The zero-order valence-electron chi connectivity index (χ0n) is 15.4. The van der Waals surface area contributed by atoms with Crippen LogP contribution in [0.1, 0.15) is 31.3 Å². The summed E-state index contributed by atoms with van der Waals surface area (Å²) in [6, 6.07) is 8.38. The van der Waals surface area contributed by atoms with Gasteiger partial charge in [-0.1, -0.05) is 5.10 Å². The van der Waals surface area contributed by atoms with Crippen LogP contribution in [-0.2, 0) is 22.3 Å². The van der Waals surface area contributed by atoms with Crippen molar-refractivity contribution in [2.24, 2.45) is 0 Å². The number of hydrogen-bond donors (Lipinski definition) is 1. The minimum absolute atomic E-state index is 0.168. The molecule has 1 N–H and O–H groups in total. The number of nitrogens with one attached hydrogen (secondary N) is 1. The van der Waals surface area contributed by atoms with Crippen LogP contribution in [0.15, 0.2) is 48.8 Å². The lowest BCUT2D eigenvalue weighted by Crippen LogP contribution is -2.30. The number of benzene rings is 1. The lowest BCUT2D eigenvalue weighted by atomic mass is 10.3. The molecule has 148 valence electrons. The Kier molecular flexibility index (Phi) is 6.00. The minimum atomic E-state index is -3.60. The van der Waals surface area contributed by atoms with Gasteiger partial charge in [0.15, 0.2) is 5.82 Å². The Morgan fingerprint density at radius 3 is 2.46 bits per heavy atom. The topological polar surface area (TPSA) is 99.0 Å². The number of halogens is 1.